The highest BCUT2D eigenvalue weighted by molar-refractivity contribution is 9.10. The Bertz CT molecular complexity index is 325. The number of para-hydroxylation sites is 1. The fourth-order valence-electron chi connectivity index (χ4n) is 1.11. The van der Waals surface area contributed by atoms with Gasteiger partial charge in [-0.2, -0.15) is 0 Å². The summed E-state index contributed by atoms with van der Waals surface area (Å²) in [5.41, 5.74) is 1.96. The largest absolute Gasteiger partial charge is 0.325 e. The Morgan fingerprint density at radius 1 is 1.50 bits per heavy atom. The molecular weight excluding hydrogens is 242 g/mol. The van der Waals surface area contributed by atoms with Gasteiger partial charge in [-0.15, -0.1) is 0 Å². The smallest absolute Gasteiger partial charge is 0.238 e. The number of nitrogens with one attached hydrogen (secondary N) is 1. The fourth-order valence-corrected chi connectivity index (χ4v) is 1.22. The number of anilines is 1. The van der Waals surface area contributed by atoms with Crippen LogP contribution in [0.1, 0.15) is 18.9 Å². The van der Waals surface area contributed by atoms with Crippen molar-refractivity contribution in [3.63, 3.8) is 0 Å². The van der Waals surface area contributed by atoms with Crippen molar-refractivity contribution in [2.75, 3.05) is 5.32 Å². The quantitative estimate of drug-likeness (QED) is 0.827. The lowest BCUT2D eigenvalue weighted by molar-refractivity contribution is -0.115. The van der Waals surface area contributed by atoms with E-state index >= 15 is 0 Å². The minimum atomic E-state index is -0.109. The van der Waals surface area contributed by atoms with E-state index in [9.17, 15) is 4.79 Å². The van der Waals surface area contributed by atoms with E-state index in [0.29, 0.717) is 0 Å². The second kappa shape index (κ2) is 5.15. The third-order valence-electron chi connectivity index (χ3n) is 2.05. The molecule has 0 bridgehead atoms. The second-order valence-electron chi connectivity index (χ2n) is 3.18. The molecule has 1 rings (SSSR count). The van der Waals surface area contributed by atoms with Crippen LogP contribution < -0.4 is 5.32 Å². The van der Waals surface area contributed by atoms with Crippen molar-refractivity contribution in [1.29, 1.82) is 0 Å². The molecular formula is C11H14BrNO. The molecule has 1 aromatic carbocycles. The van der Waals surface area contributed by atoms with Crippen LogP contribution in [0.5, 0.6) is 0 Å². The lowest BCUT2D eigenvalue weighted by Crippen LogP contribution is -2.22. The first-order valence-electron chi connectivity index (χ1n) is 4.65. The normalized spacial score (nSPS) is 12.2. The maximum absolute atomic E-state index is 11.5. The Kier molecular flexibility index (Phi) is 4.14. The van der Waals surface area contributed by atoms with Gasteiger partial charge in [-0.05, 0) is 25.0 Å². The molecule has 0 aromatic heterocycles. The number of alkyl halides is 1. The van der Waals surface area contributed by atoms with Gasteiger partial charge in [0.25, 0.3) is 0 Å². The van der Waals surface area contributed by atoms with E-state index in [0.717, 1.165) is 17.7 Å². The van der Waals surface area contributed by atoms with Crippen LogP contribution in [0.15, 0.2) is 24.3 Å². The van der Waals surface area contributed by atoms with Crippen LogP contribution in [0.4, 0.5) is 5.69 Å². The third-order valence-corrected chi connectivity index (χ3v) is 3.11. The maximum Gasteiger partial charge on any atom is 0.238 e. The van der Waals surface area contributed by atoms with Crippen molar-refractivity contribution in [2.45, 2.75) is 25.1 Å². The number of hydrogen-bond donors (Lipinski definition) is 1. The van der Waals surface area contributed by atoms with E-state index in [-0.39, 0.29) is 10.7 Å². The molecule has 76 valence electrons. The summed E-state index contributed by atoms with van der Waals surface area (Å²) in [6.45, 7) is 3.95. The average molecular weight is 256 g/mol. The number of halogens is 1. The van der Waals surface area contributed by atoms with Crippen molar-refractivity contribution in [2.24, 2.45) is 0 Å². The van der Waals surface area contributed by atoms with Gasteiger partial charge >= 0.3 is 0 Å². The average Bonchev–Trinajstić information content (AvgIpc) is 2.20. The van der Waals surface area contributed by atoms with Gasteiger partial charge in [-0.3, -0.25) is 4.79 Å². The zero-order chi connectivity index (χ0) is 10.6. The molecule has 0 saturated heterocycles. The molecule has 1 amide bonds. The monoisotopic (exact) mass is 255 g/mol. The van der Waals surface area contributed by atoms with Gasteiger partial charge in [0.15, 0.2) is 0 Å². The summed E-state index contributed by atoms with van der Waals surface area (Å²) >= 11 is 3.31. The summed E-state index contributed by atoms with van der Waals surface area (Å²) in [7, 11) is 0. The number of aryl methyl sites for hydroxylation is 1. The standard InChI is InChI=1S/C11H14BrNO/c1-3-9(12)11(14)13-10-7-5-4-6-8(10)2/h4-7,9H,3H2,1-2H3,(H,13,14). The van der Waals surface area contributed by atoms with Crippen LogP contribution >= 0.6 is 15.9 Å². The Hall–Kier alpha value is -0.830. The summed E-state index contributed by atoms with van der Waals surface area (Å²) in [6.07, 6.45) is 0.789. The van der Waals surface area contributed by atoms with Crippen molar-refractivity contribution in [3.05, 3.63) is 29.8 Å². The minimum Gasteiger partial charge on any atom is -0.325 e. The lowest BCUT2D eigenvalue weighted by atomic mass is 10.2. The summed E-state index contributed by atoms with van der Waals surface area (Å²) in [5, 5.41) is 2.88. The number of carbonyl (C=O) groups is 1. The second-order valence-corrected chi connectivity index (χ2v) is 4.29. The highest BCUT2D eigenvalue weighted by Gasteiger charge is 2.12. The highest BCUT2D eigenvalue weighted by Crippen LogP contribution is 2.15. The van der Waals surface area contributed by atoms with E-state index in [1.165, 1.54) is 0 Å². The first-order chi connectivity index (χ1) is 6.65. The van der Waals surface area contributed by atoms with Crippen molar-refractivity contribution in [1.82, 2.24) is 0 Å². The van der Waals surface area contributed by atoms with Crippen LogP contribution in [-0.2, 0) is 4.79 Å². The van der Waals surface area contributed by atoms with Crippen LogP contribution in [0.3, 0.4) is 0 Å². The van der Waals surface area contributed by atoms with Gasteiger partial charge in [0, 0.05) is 5.69 Å². The molecule has 1 N–H and O–H groups in total. The van der Waals surface area contributed by atoms with Gasteiger partial charge in [-0.25, -0.2) is 0 Å². The Morgan fingerprint density at radius 3 is 2.71 bits per heavy atom. The van der Waals surface area contributed by atoms with Crippen molar-refractivity contribution in [3.8, 4) is 0 Å². The predicted molar refractivity (Wildman–Crippen MR) is 62.8 cm³/mol. The molecule has 0 aliphatic heterocycles. The van der Waals surface area contributed by atoms with E-state index in [1.54, 1.807) is 0 Å². The van der Waals surface area contributed by atoms with Gasteiger partial charge in [0.2, 0.25) is 5.91 Å². The SMILES string of the molecule is CCC(Br)C(=O)Nc1ccccc1C. The number of amides is 1. The van der Waals surface area contributed by atoms with Gasteiger partial charge in [0.1, 0.15) is 0 Å². The van der Waals surface area contributed by atoms with Crippen LogP contribution in [0.25, 0.3) is 0 Å². The molecule has 0 heterocycles. The molecule has 2 nitrogen and oxygen atoms in total. The summed E-state index contributed by atoms with van der Waals surface area (Å²) in [6, 6.07) is 7.75. The number of carbonyl (C=O) groups excluding carboxylic acids is 1. The molecule has 0 aliphatic rings. The molecule has 0 aliphatic carbocycles. The summed E-state index contributed by atoms with van der Waals surface area (Å²) < 4.78 is 0. The van der Waals surface area contributed by atoms with E-state index in [4.69, 9.17) is 0 Å². The Labute approximate surface area is 92.8 Å². The van der Waals surface area contributed by atoms with Gasteiger partial charge < -0.3 is 5.32 Å². The molecule has 0 saturated carbocycles. The summed E-state index contributed by atoms with van der Waals surface area (Å²) in [4.78, 5) is 11.4. The first-order valence-corrected chi connectivity index (χ1v) is 5.57. The summed E-state index contributed by atoms with van der Waals surface area (Å²) in [5.74, 6) is 0.0156. The zero-order valence-corrected chi connectivity index (χ0v) is 9.97. The lowest BCUT2D eigenvalue weighted by Gasteiger charge is -2.10. The van der Waals surface area contributed by atoms with Crippen LogP contribution in [0.2, 0.25) is 0 Å². The van der Waals surface area contributed by atoms with Gasteiger partial charge in [0.05, 0.1) is 4.83 Å². The minimum absolute atomic E-state index is 0.0156. The molecule has 0 spiro atoms. The fraction of sp³-hybridized carbons (Fsp3) is 0.364. The third kappa shape index (κ3) is 2.84. The first kappa shape index (κ1) is 11.2. The molecule has 14 heavy (non-hydrogen) atoms. The maximum atomic E-state index is 11.5. The van der Waals surface area contributed by atoms with Crippen molar-refractivity contribution < 1.29 is 4.79 Å². The molecule has 1 aromatic rings. The highest BCUT2D eigenvalue weighted by atomic mass is 79.9. The zero-order valence-electron chi connectivity index (χ0n) is 8.38. The number of hydrogen-bond acceptors (Lipinski definition) is 1. The Balaban J connectivity index is 2.70. The number of benzene rings is 1. The molecule has 1 atom stereocenters. The predicted octanol–water partition coefficient (Wildman–Crippen LogP) is 3.11. The Morgan fingerprint density at radius 2 is 2.14 bits per heavy atom. The molecule has 0 radical (unpaired) electrons. The van der Waals surface area contributed by atoms with Crippen LogP contribution in [0, 0.1) is 6.92 Å². The molecule has 3 heteroatoms. The van der Waals surface area contributed by atoms with E-state index < -0.39 is 0 Å². The molecule has 0 fully saturated rings. The number of rotatable bonds is 3. The van der Waals surface area contributed by atoms with E-state index in [2.05, 4.69) is 21.2 Å². The van der Waals surface area contributed by atoms with Gasteiger partial charge in [-0.1, -0.05) is 41.1 Å². The van der Waals surface area contributed by atoms with Crippen LogP contribution in [-0.4, -0.2) is 10.7 Å². The molecule has 1 unspecified atom stereocenters. The van der Waals surface area contributed by atoms with E-state index in [1.807, 2.05) is 38.1 Å². The topological polar surface area (TPSA) is 29.1 Å². The van der Waals surface area contributed by atoms with Crippen molar-refractivity contribution >= 4 is 27.5 Å².